The first kappa shape index (κ1) is 16.5. The van der Waals surface area contributed by atoms with Crippen LogP contribution >= 0.6 is 0 Å². The van der Waals surface area contributed by atoms with Gasteiger partial charge in [-0.15, -0.1) is 0 Å². The van der Waals surface area contributed by atoms with Crippen LogP contribution in [0.1, 0.15) is 45.6 Å². The molecule has 0 aliphatic rings. The van der Waals surface area contributed by atoms with Gasteiger partial charge in [0, 0.05) is 6.92 Å². The van der Waals surface area contributed by atoms with Crippen LogP contribution in [-0.4, -0.2) is 25.5 Å². The fourth-order valence-electron chi connectivity index (χ4n) is 1.76. The molecule has 112 valence electrons. The van der Waals surface area contributed by atoms with Crippen LogP contribution in [0.15, 0.2) is 24.3 Å². The van der Waals surface area contributed by atoms with E-state index in [-0.39, 0.29) is 18.9 Å². The van der Waals surface area contributed by atoms with Crippen LogP contribution in [0.2, 0.25) is 0 Å². The zero-order chi connectivity index (χ0) is 15.0. The average molecular weight is 280 g/mol. The van der Waals surface area contributed by atoms with E-state index in [0.717, 1.165) is 12.2 Å². The summed E-state index contributed by atoms with van der Waals surface area (Å²) < 4.78 is 15.9. The maximum absolute atomic E-state index is 10.6. The van der Waals surface area contributed by atoms with Crippen molar-refractivity contribution in [1.29, 1.82) is 0 Å². The normalized spacial score (nSPS) is 13.6. The molecule has 2 unspecified atom stereocenters. The Bertz CT molecular complexity index is 417. The Morgan fingerprint density at radius 2 is 2.00 bits per heavy atom. The third-order valence-corrected chi connectivity index (χ3v) is 3.08. The van der Waals surface area contributed by atoms with E-state index in [9.17, 15) is 4.79 Å². The molecule has 0 heterocycles. The molecule has 0 amide bonds. The Morgan fingerprint density at radius 1 is 1.25 bits per heavy atom. The molecule has 1 aromatic rings. The number of ether oxygens (including phenoxy) is 3. The topological polar surface area (TPSA) is 44.8 Å². The molecule has 0 fully saturated rings. The first-order valence-electron chi connectivity index (χ1n) is 7.04. The van der Waals surface area contributed by atoms with E-state index < -0.39 is 0 Å². The standard InChI is InChI=1S/C16H24O4/c1-5-12(2)15-7-6-8-16(11-15)20-14(4)19-10-9-18-13(3)17/h6-8,11-12,14H,5,9-10H2,1-4H3. The summed E-state index contributed by atoms with van der Waals surface area (Å²) in [5.74, 6) is 1.00. The van der Waals surface area contributed by atoms with Gasteiger partial charge < -0.3 is 14.2 Å². The molecule has 0 N–H and O–H groups in total. The van der Waals surface area contributed by atoms with Gasteiger partial charge in [0.1, 0.15) is 12.4 Å². The number of esters is 1. The summed E-state index contributed by atoms with van der Waals surface area (Å²) in [5, 5.41) is 0. The van der Waals surface area contributed by atoms with E-state index >= 15 is 0 Å². The Morgan fingerprint density at radius 3 is 2.65 bits per heavy atom. The monoisotopic (exact) mass is 280 g/mol. The average Bonchev–Trinajstić information content (AvgIpc) is 2.43. The molecule has 4 heteroatoms. The van der Waals surface area contributed by atoms with Gasteiger partial charge in [-0.05, 0) is 37.0 Å². The van der Waals surface area contributed by atoms with E-state index in [4.69, 9.17) is 14.2 Å². The fourth-order valence-corrected chi connectivity index (χ4v) is 1.76. The zero-order valence-electron chi connectivity index (χ0n) is 12.7. The van der Waals surface area contributed by atoms with E-state index in [1.54, 1.807) is 0 Å². The Balaban J connectivity index is 2.41. The molecule has 0 spiro atoms. The van der Waals surface area contributed by atoms with Crippen LogP contribution in [0.5, 0.6) is 5.75 Å². The van der Waals surface area contributed by atoms with Crippen LogP contribution in [0.3, 0.4) is 0 Å². The number of hydrogen-bond donors (Lipinski definition) is 0. The molecule has 2 atom stereocenters. The minimum Gasteiger partial charge on any atom is -0.465 e. The van der Waals surface area contributed by atoms with E-state index in [1.807, 2.05) is 25.1 Å². The van der Waals surface area contributed by atoms with Crippen molar-refractivity contribution >= 4 is 5.97 Å². The van der Waals surface area contributed by atoms with Gasteiger partial charge >= 0.3 is 5.97 Å². The van der Waals surface area contributed by atoms with Crippen molar-refractivity contribution in [2.45, 2.75) is 46.3 Å². The van der Waals surface area contributed by atoms with Crippen molar-refractivity contribution in [2.24, 2.45) is 0 Å². The van der Waals surface area contributed by atoms with Gasteiger partial charge in [-0.3, -0.25) is 4.79 Å². The van der Waals surface area contributed by atoms with Crippen molar-refractivity contribution in [2.75, 3.05) is 13.2 Å². The molecular formula is C16H24O4. The van der Waals surface area contributed by atoms with Crippen LogP contribution in [0, 0.1) is 0 Å². The molecule has 1 rings (SSSR count). The molecule has 0 saturated heterocycles. The minimum atomic E-state index is -0.377. The third kappa shape index (κ3) is 6.06. The second-order valence-electron chi connectivity index (χ2n) is 4.78. The molecule has 1 aromatic carbocycles. The zero-order valence-corrected chi connectivity index (χ0v) is 12.7. The van der Waals surface area contributed by atoms with Gasteiger partial charge in [-0.25, -0.2) is 0 Å². The van der Waals surface area contributed by atoms with Crippen molar-refractivity contribution < 1.29 is 19.0 Å². The highest BCUT2D eigenvalue weighted by molar-refractivity contribution is 5.65. The van der Waals surface area contributed by atoms with Gasteiger partial charge in [0.2, 0.25) is 0 Å². The summed E-state index contributed by atoms with van der Waals surface area (Å²) in [6.45, 7) is 8.13. The molecule has 0 aromatic heterocycles. The predicted octanol–water partition coefficient (Wildman–Crippen LogP) is 3.50. The predicted molar refractivity (Wildman–Crippen MR) is 77.8 cm³/mol. The first-order chi connectivity index (χ1) is 9.52. The van der Waals surface area contributed by atoms with Crippen LogP contribution < -0.4 is 4.74 Å². The summed E-state index contributed by atoms with van der Waals surface area (Å²) in [5.41, 5.74) is 1.26. The summed E-state index contributed by atoms with van der Waals surface area (Å²) in [6.07, 6.45) is 0.718. The molecule has 0 aliphatic heterocycles. The largest absolute Gasteiger partial charge is 0.465 e. The van der Waals surface area contributed by atoms with Crippen molar-refractivity contribution in [1.82, 2.24) is 0 Å². The van der Waals surface area contributed by atoms with E-state index in [1.165, 1.54) is 12.5 Å². The van der Waals surface area contributed by atoms with Crippen molar-refractivity contribution in [3.8, 4) is 5.75 Å². The lowest BCUT2D eigenvalue weighted by Gasteiger charge is -2.17. The van der Waals surface area contributed by atoms with E-state index in [2.05, 4.69) is 19.9 Å². The summed E-state index contributed by atoms with van der Waals surface area (Å²) in [6, 6.07) is 8.05. The summed E-state index contributed by atoms with van der Waals surface area (Å²) in [7, 11) is 0. The van der Waals surface area contributed by atoms with Gasteiger partial charge in [0.15, 0.2) is 6.29 Å². The van der Waals surface area contributed by atoms with Gasteiger partial charge in [0.05, 0.1) is 6.61 Å². The first-order valence-corrected chi connectivity index (χ1v) is 7.04. The maximum Gasteiger partial charge on any atom is 0.302 e. The smallest absolute Gasteiger partial charge is 0.302 e. The van der Waals surface area contributed by atoms with Gasteiger partial charge in [0.25, 0.3) is 0 Å². The second-order valence-corrected chi connectivity index (χ2v) is 4.78. The lowest BCUT2D eigenvalue weighted by atomic mass is 9.99. The molecule has 20 heavy (non-hydrogen) atoms. The lowest BCUT2D eigenvalue weighted by molar-refractivity contribution is -0.145. The molecule has 0 aliphatic carbocycles. The van der Waals surface area contributed by atoms with Gasteiger partial charge in [-0.1, -0.05) is 26.0 Å². The molecular weight excluding hydrogens is 256 g/mol. The van der Waals surface area contributed by atoms with Crippen LogP contribution in [0.25, 0.3) is 0 Å². The second kappa shape index (κ2) is 8.59. The fraction of sp³-hybridized carbons (Fsp3) is 0.562. The number of carbonyl (C=O) groups excluding carboxylic acids is 1. The Kier molecular flexibility index (Phi) is 7.09. The highest BCUT2D eigenvalue weighted by Crippen LogP contribution is 2.23. The number of rotatable bonds is 8. The van der Waals surface area contributed by atoms with Crippen molar-refractivity contribution in [3.63, 3.8) is 0 Å². The summed E-state index contributed by atoms with van der Waals surface area (Å²) >= 11 is 0. The van der Waals surface area contributed by atoms with Crippen LogP contribution in [-0.2, 0) is 14.3 Å². The Hall–Kier alpha value is -1.55. The highest BCUT2D eigenvalue weighted by Gasteiger charge is 2.07. The molecule has 0 radical (unpaired) electrons. The highest BCUT2D eigenvalue weighted by atomic mass is 16.7. The molecule has 4 nitrogen and oxygen atoms in total. The van der Waals surface area contributed by atoms with Crippen LogP contribution in [0.4, 0.5) is 0 Å². The van der Waals surface area contributed by atoms with Gasteiger partial charge in [-0.2, -0.15) is 0 Å². The van der Waals surface area contributed by atoms with E-state index in [0.29, 0.717) is 12.5 Å². The lowest BCUT2D eigenvalue weighted by Crippen LogP contribution is -2.19. The Labute approximate surface area is 121 Å². The number of carbonyl (C=O) groups is 1. The quantitative estimate of drug-likeness (QED) is 0.415. The maximum atomic E-state index is 10.6. The summed E-state index contributed by atoms with van der Waals surface area (Å²) in [4.78, 5) is 10.6. The SMILES string of the molecule is CCC(C)c1cccc(OC(C)OCCOC(C)=O)c1. The molecule has 0 bridgehead atoms. The third-order valence-electron chi connectivity index (χ3n) is 3.08. The number of benzene rings is 1. The molecule has 0 saturated carbocycles. The minimum absolute atomic E-state index is 0.246. The van der Waals surface area contributed by atoms with Crippen molar-refractivity contribution in [3.05, 3.63) is 29.8 Å². The number of hydrogen-bond acceptors (Lipinski definition) is 4.